The topological polar surface area (TPSA) is 111 Å². The average molecular weight is 532 g/mol. The minimum Gasteiger partial charge on any atom is -0.258 e. The Kier molecular flexibility index (Phi) is 6.80. The van der Waals surface area contributed by atoms with Gasteiger partial charge >= 0.3 is 0 Å². The fourth-order valence-electron chi connectivity index (χ4n) is 2.38. The zero-order chi connectivity index (χ0) is 21.7. The van der Waals surface area contributed by atoms with Crippen molar-refractivity contribution in [3.63, 3.8) is 0 Å². The highest BCUT2D eigenvalue weighted by atomic mass is 79.9. The van der Waals surface area contributed by atoms with Crippen LogP contribution in [0, 0.1) is 20.2 Å². The third-order valence-corrected chi connectivity index (χ3v) is 5.20. The Balaban J connectivity index is 1.71. The van der Waals surface area contributed by atoms with Crippen molar-refractivity contribution in [3.8, 4) is 0 Å². The van der Waals surface area contributed by atoms with E-state index in [0.717, 1.165) is 11.1 Å². The van der Waals surface area contributed by atoms with Crippen LogP contribution in [0.2, 0.25) is 0 Å². The van der Waals surface area contributed by atoms with E-state index in [1.54, 1.807) is 24.6 Å². The molecular formula is C20H12Br2N4O4. The first kappa shape index (κ1) is 21.5. The predicted molar refractivity (Wildman–Crippen MR) is 123 cm³/mol. The fraction of sp³-hybridized carbons (Fsp3) is 0. The second kappa shape index (κ2) is 9.51. The van der Waals surface area contributed by atoms with Crippen LogP contribution >= 0.6 is 31.9 Å². The number of aliphatic imine (C=N–C) groups is 2. The lowest BCUT2D eigenvalue weighted by atomic mass is 10.1. The molecule has 0 fully saturated rings. The summed E-state index contributed by atoms with van der Waals surface area (Å²) in [6.07, 6.45) is 3.31. The summed E-state index contributed by atoms with van der Waals surface area (Å²) in [5.74, 6) is 0. The molecule has 0 heterocycles. The molecule has 10 heteroatoms. The Morgan fingerprint density at radius 2 is 1.03 bits per heavy atom. The van der Waals surface area contributed by atoms with Gasteiger partial charge in [-0.1, -0.05) is 24.3 Å². The molecule has 0 radical (unpaired) electrons. The molecule has 30 heavy (non-hydrogen) atoms. The molecule has 0 aliphatic heterocycles. The maximum absolute atomic E-state index is 10.8. The van der Waals surface area contributed by atoms with Gasteiger partial charge in [-0.3, -0.25) is 30.2 Å². The van der Waals surface area contributed by atoms with Gasteiger partial charge in [0.25, 0.3) is 11.4 Å². The van der Waals surface area contributed by atoms with Crippen molar-refractivity contribution in [3.05, 3.63) is 101 Å². The van der Waals surface area contributed by atoms with Crippen LogP contribution in [0.5, 0.6) is 0 Å². The van der Waals surface area contributed by atoms with Gasteiger partial charge in [-0.2, -0.15) is 0 Å². The first-order chi connectivity index (χ1) is 14.3. The highest BCUT2D eigenvalue weighted by Gasteiger charge is 2.09. The number of benzene rings is 3. The summed E-state index contributed by atoms with van der Waals surface area (Å²) in [5, 5.41) is 21.6. The molecule has 8 nitrogen and oxygen atoms in total. The van der Waals surface area contributed by atoms with E-state index in [9.17, 15) is 20.2 Å². The maximum Gasteiger partial charge on any atom is 0.270 e. The Morgan fingerprint density at radius 1 is 0.667 bits per heavy atom. The van der Waals surface area contributed by atoms with Crippen LogP contribution in [0.3, 0.4) is 0 Å². The van der Waals surface area contributed by atoms with Crippen molar-refractivity contribution in [2.75, 3.05) is 0 Å². The smallest absolute Gasteiger partial charge is 0.258 e. The summed E-state index contributed by atoms with van der Waals surface area (Å²) < 4.78 is 1.07. The minimum absolute atomic E-state index is 0.0101. The summed E-state index contributed by atoms with van der Waals surface area (Å²) in [6, 6.07) is 16.2. The Bertz CT molecular complexity index is 1090. The van der Waals surface area contributed by atoms with Gasteiger partial charge in [0.05, 0.1) is 21.2 Å². The summed E-state index contributed by atoms with van der Waals surface area (Å²) in [7, 11) is 0. The van der Waals surface area contributed by atoms with Crippen molar-refractivity contribution in [1.82, 2.24) is 0 Å². The van der Waals surface area contributed by atoms with Gasteiger partial charge in [0.1, 0.15) is 0 Å². The molecule has 0 saturated carbocycles. The molecule has 0 aromatic heterocycles. The van der Waals surface area contributed by atoms with E-state index in [2.05, 4.69) is 41.8 Å². The van der Waals surface area contributed by atoms with Gasteiger partial charge in [-0.15, -0.1) is 0 Å². The summed E-state index contributed by atoms with van der Waals surface area (Å²) in [4.78, 5) is 29.3. The van der Waals surface area contributed by atoms with E-state index in [1.807, 2.05) is 24.3 Å². The highest BCUT2D eigenvalue weighted by molar-refractivity contribution is 9.11. The first-order valence-electron chi connectivity index (χ1n) is 8.39. The number of rotatable bonds is 6. The molecule has 150 valence electrons. The maximum atomic E-state index is 10.8. The molecular weight excluding hydrogens is 520 g/mol. The van der Waals surface area contributed by atoms with Crippen LogP contribution in [0.4, 0.5) is 22.7 Å². The molecule has 0 N–H and O–H groups in total. The lowest BCUT2D eigenvalue weighted by Crippen LogP contribution is -1.88. The van der Waals surface area contributed by atoms with E-state index in [4.69, 9.17) is 0 Å². The van der Waals surface area contributed by atoms with Crippen molar-refractivity contribution >= 4 is 67.0 Å². The molecule has 0 bridgehead atoms. The molecule has 0 amide bonds. The molecule has 0 unspecified atom stereocenters. The largest absolute Gasteiger partial charge is 0.270 e. The summed E-state index contributed by atoms with van der Waals surface area (Å²) >= 11 is 6.57. The van der Waals surface area contributed by atoms with Gasteiger partial charge in [0, 0.05) is 45.6 Å². The Hall–Kier alpha value is -3.24. The lowest BCUT2D eigenvalue weighted by Gasteiger charge is -2.00. The molecule has 3 rings (SSSR count). The van der Waals surface area contributed by atoms with E-state index >= 15 is 0 Å². The van der Waals surface area contributed by atoms with Crippen molar-refractivity contribution in [2.24, 2.45) is 9.98 Å². The van der Waals surface area contributed by atoms with Crippen molar-refractivity contribution in [2.45, 2.75) is 0 Å². The quantitative estimate of drug-likeness (QED) is 0.204. The van der Waals surface area contributed by atoms with Crippen LogP contribution in [-0.2, 0) is 0 Å². The number of nitro groups is 2. The van der Waals surface area contributed by atoms with E-state index in [0.29, 0.717) is 20.3 Å². The molecule has 3 aromatic rings. The van der Waals surface area contributed by atoms with E-state index in [-0.39, 0.29) is 11.4 Å². The molecule has 0 aliphatic rings. The Labute approximate surface area is 187 Å². The van der Waals surface area contributed by atoms with Crippen LogP contribution in [0.25, 0.3) is 0 Å². The van der Waals surface area contributed by atoms with Crippen LogP contribution in [0.1, 0.15) is 11.1 Å². The van der Waals surface area contributed by atoms with E-state index in [1.165, 1.54) is 24.3 Å². The molecule has 0 aliphatic carbocycles. The van der Waals surface area contributed by atoms with Crippen LogP contribution in [-0.4, -0.2) is 22.3 Å². The van der Waals surface area contributed by atoms with Gasteiger partial charge in [0.15, 0.2) is 0 Å². The Morgan fingerprint density at radius 3 is 1.33 bits per heavy atom. The van der Waals surface area contributed by atoms with Gasteiger partial charge < -0.3 is 0 Å². The van der Waals surface area contributed by atoms with Crippen molar-refractivity contribution in [1.29, 1.82) is 0 Å². The molecule has 0 spiro atoms. The SMILES string of the molecule is O=[N+]([O-])c1ccc(N=Cc2ccc(C=Nc3ccc([N+](=O)[O-])cc3Br)cc2)c(Br)c1. The zero-order valence-corrected chi connectivity index (χ0v) is 18.3. The average Bonchev–Trinajstić information content (AvgIpc) is 2.72. The van der Waals surface area contributed by atoms with Gasteiger partial charge in [0.2, 0.25) is 0 Å². The van der Waals surface area contributed by atoms with E-state index < -0.39 is 9.85 Å². The number of hydrogen-bond donors (Lipinski definition) is 0. The monoisotopic (exact) mass is 530 g/mol. The minimum atomic E-state index is -0.465. The second-order valence-electron chi connectivity index (χ2n) is 5.97. The third-order valence-electron chi connectivity index (χ3n) is 3.93. The van der Waals surface area contributed by atoms with Crippen molar-refractivity contribution < 1.29 is 9.85 Å². The molecule has 3 aromatic carbocycles. The van der Waals surface area contributed by atoms with Crippen LogP contribution in [0.15, 0.2) is 79.6 Å². The first-order valence-corrected chi connectivity index (χ1v) is 9.98. The number of halogens is 2. The molecule has 0 atom stereocenters. The third kappa shape index (κ3) is 5.43. The summed E-state index contributed by atoms with van der Waals surface area (Å²) in [6.45, 7) is 0. The number of non-ortho nitro benzene ring substituents is 2. The van der Waals surface area contributed by atoms with Gasteiger partial charge in [-0.25, -0.2) is 0 Å². The number of nitro benzene ring substituents is 2. The van der Waals surface area contributed by atoms with Gasteiger partial charge in [-0.05, 0) is 55.1 Å². The number of hydrogen-bond acceptors (Lipinski definition) is 6. The standard InChI is InChI=1S/C20H12Br2N4O4/c21-17-9-15(25(27)28)5-7-19(17)23-11-13-1-2-14(4-3-13)12-24-20-8-6-16(26(29)30)10-18(20)22/h1-12H. The lowest BCUT2D eigenvalue weighted by molar-refractivity contribution is -0.385. The normalized spacial score (nSPS) is 11.3. The highest BCUT2D eigenvalue weighted by Crippen LogP contribution is 2.30. The zero-order valence-electron chi connectivity index (χ0n) is 15.1. The second-order valence-corrected chi connectivity index (χ2v) is 7.68. The molecule has 0 saturated heterocycles. The summed E-state index contributed by atoms with van der Waals surface area (Å²) in [5.41, 5.74) is 2.82. The fourth-order valence-corrected chi connectivity index (χ4v) is 3.32. The van der Waals surface area contributed by atoms with Crippen LogP contribution < -0.4 is 0 Å². The number of nitrogens with zero attached hydrogens (tertiary/aromatic N) is 4. The predicted octanol–water partition coefficient (Wildman–Crippen LogP) is 6.53.